The number of rotatable bonds is 6. The Hall–Kier alpha value is -2.63. The molecule has 1 amide bonds. The van der Waals surface area contributed by atoms with Gasteiger partial charge in [0, 0.05) is 18.3 Å². The third-order valence-corrected chi connectivity index (χ3v) is 6.27. The summed E-state index contributed by atoms with van der Waals surface area (Å²) in [6.45, 7) is 3.44. The summed E-state index contributed by atoms with van der Waals surface area (Å²) < 4.78 is 1.45. The van der Waals surface area contributed by atoms with E-state index in [1.807, 2.05) is 6.92 Å². The number of aliphatic carboxylic acids is 1. The zero-order valence-electron chi connectivity index (χ0n) is 16.5. The van der Waals surface area contributed by atoms with Crippen LogP contribution in [0.5, 0.6) is 0 Å². The molecular formula is C22H27N3O3. The molecule has 2 aliphatic carbocycles. The van der Waals surface area contributed by atoms with E-state index in [-0.39, 0.29) is 18.7 Å². The fourth-order valence-corrected chi connectivity index (χ4v) is 4.54. The number of nitrogens with one attached hydrogen (secondary N) is 1. The van der Waals surface area contributed by atoms with Crippen molar-refractivity contribution in [2.24, 2.45) is 0 Å². The van der Waals surface area contributed by atoms with Crippen molar-refractivity contribution in [3.63, 3.8) is 0 Å². The first kappa shape index (κ1) is 18.7. The number of hydrogen-bond donors (Lipinski definition) is 2. The number of carbonyl (C=O) groups is 2. The third kappa shape index (κ3) is 3.21. The Balaban J connectivity index is 1.52. The van der Waals surface area contributed by atoms with Crippen molar-refractivity contribution in [2.45, 2.75) is 70.8 Å². The Labute approximate surface area is 164 Å². The molecule has 0 fully saturated rings. The molecule has 0 radical (unpaired) electrons. The van der Waals surface area contributed by atoms with Crippen LogP contribution in [0.3, 0.4) is 0 Å². The normalized spacial score (nSPS) is 17.1. The molecule has 0 aliphatic heterocycles. The number of anilines is 1. The van der Waals surface area contributed by atoms with E-state index in [1.165, 1.54) is 26.9 Å². The molecule has 2 aromatic rings. The fraction of sp³-hybridized carbons (Fsp3) is 0.500. The number of carbonyl (C=O) groups excluding carboxylic acids is 1. The van der Waals surface area contributed by atoms with Crippen LogP contribution in [0.2, 0.25) is 0 Å². The van der Waals surface area contributed by atoms with E-state index in [2.05, 4.69) is 16.5 Å². The van der Waals surface area contributed by atoms with E-state index in [0.717, 1.165) is 49.9 Å². The third-order valence-electron chi connectivity index (χ3n) is 6.27. The Morgan fingerprint density at radius 3 is 2.36 bits per heavy atom. The summed E-state index contributed by atoms with van der Waals surface area (Å²) in [5, 5.41) is 17.2. The lowest BCUT2D eigenvalue weighted by atomic mass is 9.95. The van der Waals surface area contributed by atoms with Gasteiger partial charge in [-0.2, -0.15) is 5.10 Å². The van der Waals surface area contributed by atoms with E-state index in [0.29, 0.717) is 0 Å². The van der Waals surface area contributed by atoms with Crippen LogP contribution in [-0.2, 0) is 40.8 Å². The average molecular weight is 381 g/mol. The average Bonchev–Trinajstić information content (AvgIpc) is 3.39. The Morgan fingerprint density at radius 2 is 1.82 bits per heavy atom. The van der Waals surface area contributed by atoms with Crippen LogP contribution in [-0.4, -0.2) is 26.8 Å². The van der Waals surface area contributed by atoms with E-state index in [4.69, 9.17) is 0 Å². The molecule has 1 aromatic carbocycles. The van der Waals surface area contributed by atoms with Crippen LogP contribution in [0.1, 0.15) is 60.6 Å². The van der Waals surface area contributed by atoms with Crippen LogP contribution in [0.25, 0.3) is 0 Å². The molecule has 1 unspecified atom stereocenters. The molecule has 6 heteroatoms. The van der Waals surface area contributed by atoms with Crippen LogP contribution < -0.4 is 5.32 Å². The van der Waals surface area contributed by atoms with Crippen LogP contribution in [0.4, 0.5) is 5.69 Å². The van der Waals surface area contributed by atoms with Gasteiger partial charge in [0.25, 0.3) is 0 Å². The lowest BCUT2D eigenvalue weighted by Gasteiger charge is -2.25. The maximum atomic E-state index is 12.8. The van der Waals surface area contributed by atoms with E-state index < -0.39 is 11.5 Å². The van der Waals surface area contributed by atoms with Crippen molar-refractivity contribution in [1.82, 2.24) is 9.78 Å². The topological polar surface area (TPSA) is 84.2 Å². The predicted octanol–water partition coefficient (Wildman–Crippen LogP) is 3.39. The molecule has 2 aliphatic rings. The molecule has 6 nitrogen and oxygen atoms in total. The van der Waals surface area contributed by atoms with Gasteiger partial charge in [0.15, 0.2) is 5.54 Å². The molecule has 4 rings (SSSR count). The van der Waals surface area contributed by atoms with Crippen LogP contribution in [0, 0.1) is 6.92 Å². The van der Waals surface area contributed by atoms with E-state index >= 15 is 0 Å². The summed E-state index contributed by atoms with van der Waals surface area (Å²) in [7, 11) is 0. The molecule has 2 N–H and O–H groups in total. The summed E-state index contributed by atoms with van der Waals surface area (Å²) >= 11 is 0. The monoisotopic (exact) mass is 381 g/mol. The largest absolute Gasteiger partial charge is 0.479 e. The lowest BCUT2D eigenvalue weighted by Crippen LogP contribution is -2.40. The Bertz CT molecular complexity index is 914. The second-order valence-electron chi connectivity index (χ2n) is 8.26. The quantitative estimate of drug-likeness (QED) is 0.803. The summed E-state index contributed by atoms with van der Waals surface area (Å²) in [4.78, 5) is 24.7. The van der Waals surface area contributed by atoms with Crippen molar-refractivity contribution in [2.75, 3.05) is 5.32 Å². The Morgan fingerprint density at radius 1 is 1.18 bits per heavy atom. The van der Waals surface area contributed by atoms with Gasteiger partial charge >= 0.3 is 5.97 Å². The van der Waals surface area contributed by atoms with Crippen molar-refractivity contribution in [3.05, 3.63) is 46.3 Å². The van der Waals surface area contributed by atoms with E-state index in [1.54, 1.807) is 19.2 Å². The minimum absolute atomic E-state index is 0.120. The number of fused-ring (bicyclic) bond motifs is 2. The number of carboxylic acid groups (broad SMARTS) is 1. The number of amides is 1. The lowest BCUT2D eigenvalue weighted by molar-refractivity contribution is -0.147. The minimum atomic E-state index is -1.24. The maximum absolute atomic E-state index is 12.8. The van der Waals surface area contributed by atoms with Crippen molar-refractivity contribution >= 4 is 17.6 Å². The van der Waals surface area contributed by atoms with Crippen LogP contribution >= 0.6 is 0 Å². The first-order valence-electron chi connectivity index (χ1n) is 10.1. The fourth-order valence-electron chi connectivity index (χ4n) is 4.54. The maximum Gasteiger partial charge on any atom is 0.331 e. The van der Waals surface area contributed by atoms with Crippen molar-refractivity contribution < 1.29 is 14.7 Å². The zero-order valence-corrected chi connectivity index (χ0v) is 16.5. The molecular weight excluding hydrogens is 354 g/mol. The zero-order chi connectivity index (χ0) is 19.9. The highest BCUT2D eigenvalue weighted by molar-refractivity contribution is 5.93. The van der Waals surface area contributed by atoms with Gasteiger partial charge in [0.2, 0.25) is 5.91 Å². The summed E-state index contributed by atoms with van der Waals surface area (Å²) in [6.07, 6.45) is 8.45. The summed E-state index contributed by atoms with van der Waals surface area (Å²) in [6, 6.07) is 4.11. The molecule has 148 valence electrons. The number of hydrogen-bond acceptors (Lipinski definition) is 3. The highest BCUT2D eigenvalue weighted by Gasteiger charge is 2.36. The van der Waals surface area contributed by atoms with Gasteiger partial charge in [-0.15, -0.1) is 0 Å². The standard InChI is InChI=1S/C22H27N3O3/c1-14-10-12-25(24-14)22(2,21(27)28)11-9-19(26)23-20-17-7-3-5-15(17)13-16-6-4-8-18(16)20/h10,12-13H,3-9,11H2,1-2H3,(H,23,26)(H,27,28). The van der Waals surface area contributed by atoms with Crippen LogP contribution in [0.15, 0.2) is 18.3 Å². The summed E-state index contributed by atoms with van der Waals surface area (Å²) in [5.74, 6) is -1.10. The van der Waals surface area contributed by atoms with Gasteiger partial charge < -0.3 is 10.4 Å². The highest BCUT2D eigenvalue weighted by atomic mass is 16.4. The highest BCUT2D eigenvalue weighted by Crippen LogP contribution is 2.38. The number of benzene rings is 1. The number of nitrogens with zero attached hydrogens (tertiary/aromatic N) is 2. The SMILES string of the molecule is Cc1ccn(C(C)(CCC(=O)Nc2c3c(cc4c2CCC4)CCC3)C(=O)O)n1. The van der Waals surface area contributed by atoms with Gasteiger partial charge in [0.1, 0.15) is 0 Å². The number of aryl methyl sites for hydroxylation is 3. The minimum Gasteiger partial charge on any atom is -0.479 e. The molecule has 0 saturated heterocycles. The van der Waals surface area contributed by atoms with Crippen molar-refractivity contribution in [1.29, 1.82) is 0 Å². The summed E-state index contributed by atoms with van der Waals surface area (Å²) in [5.41, 5.74) is 5.85. The molecule has 0 spiro atoms. The smallest absolute Gasteiger partial charge is 0.331 e. The Kier molecular flexibility index (Phi) is 4.73. The molecule has 0 saturated carbocycles. The molecule has 0 bridgehead atoms. The molecule has 1 aromatic heterocycles. The first-order valence-corrected chi connectivity index (χ1v) is 10.1. The van der Waals surface area contributed by atoms with Gasteiger partial charge in [0.05, 0.1) is 5.69 Å². The number of aromatic nitrogens is 2. The van der Waals surface area contributed by atoms with Gasteiger partial charge in [-0.05, 0) is 87.1 Å². The predicted molar refractivity (Wildman–Crippen MR) is 107 cm³/mol. The molecule has 28 heavy (non-hydrogen) atoms. The van der Waals surface area contributed by atoms with Crippen molar-refractivity contribution in [3.8, 4) is 0 Å². The molecule has 1 heterocycles. The second-order valence-corrected chi connectivity index (χ2v) is 8.26. The van der Waals surface area contributed by atoms with Gasteiger partial charge in [-0.1, -0.05) is 6.07 Å². The molecule has 1 atom stereocenters. The van der Waals surface area contributed by atoms with Gasteiger partial charge in [-0.3, -0.25) is 9.48 Å². The second kappa shape index (κ2) is 7.08. The van der Waals surface area contributed by atoms with Gasteiger partial charge in [-0.25, -0.2) is 4.79 Å². The first-order chi connectivity index (χ1) is 13.4. The van der Waals surface area contributed by atoms with E-state index in [9.17, 15) is 14.7 Å². The number of carboxylic acids is 1.